The third-order valence-corrected chi connectivity index (χ3v) is 5.33. The van der Waals surface area contributed by atoms with Crippen molar-refractivity contribution >= 4 is 22.8 Å². The lowest BCUT2D eigenvalue weighted by molar-refractivity contribution is -0.0209. The van der Waals surface area contributed by atoms with E-state index in [2.05, 4.69) is 37.5 Å². The fourth-order valence-corrected chi connectivity index (χ4v) is 3.71. The molecule has 0 saturated heterocycles. The van der Waals surface area contributed by atoms with Crippen LogP contribution < -0.4 is 0 Å². The summed E-state index contributed by atoms with van der Waals surface area (Å²) in [7, 11) is 0. The van der Waals surface area contributed by atoms with Crippen LogP contribution in [0.15, 0.2) is 54.1 Å². The molecule has 1 unspecified atom stereocenters. The van der Waals surface area contributed by atoms with Crippen molar-refractivity contribution in [2.24, 2.45) is 0 Å². The van der Waals surface area contributed by atoms with Crippen molar-refractivity contribution in [3.8, 4) is 0 Å². The van der Waals surface area contributed by atoms with Crippen LogP contribution in [0.3, 0.4) is 0 Å². The number of fused-ring (bicyclic) bond motifs is 1. The maximum Gasteiger partial charge on any atom is 0.162 e. The second-order valence-electron chi connectivity index (χ2n) is 6.58. The monoisotopic (exact) mass is 427 g/mol. The van der Waals surface area contributed by atoms with E-state index in [0.29, 0.717) is 12.2 Å². The molecule has 10 nitrogen and oxygen atoms in total. The third-order valence-electron chi connectivity index (χ3n) is 4.26. The molecule has 0 aliphatic heterocycles. The molecule has 0 aliphatic rings. The number of rotatable bonds is 10. The fraction of sp³-hybridized carbons (Fsp3) is 0.316. The van der Waals surface area contributed by atoms with Gasteiger partial charge >= 0.3 is 0 Å². The van der Waals surface area contributed by atoms with E-state index in [1.165, 1.54) is 10.2 Å². The highest BCUT2D eigenvalue weighted by Crippen LogP contribution is 2.27. The van der Waals surface area contributed by atoms with Crippen LogP contribution in [0.25, 0.3) is 11.0 Å². The molecule has 0 aliphatic carbocycles. The Morgan fingerprint density at radius 2 is 2.03 bits per heavy atom. The van der Waals surface area contributed by atoms with E-state index >= 15 is 0 Å². The van der Waals surface area contributed by atoms with Crippen LogP contribution in [0.1, 0.15) is 11.3 Å². The molecule has 0 saturated carbocycles. The summed E-state index contributed by atoms with van der Waals surface area (Å²) >= 11 is 1.65. The van der Waals surface area contributed by atoms with Crippen molar-refractivity contribution in [1.82, 2.24) is 34.7 Å². The highest BCUT2D eigenvalue weighted by molar-refractivity contribution is 7.98. The second kappa shape index (κ2) is 9.76. The smallest absolute Gasteiger partial charge is 0.162 e. The number of thioether (sulfide) groups is 1. The predicted molar refractivity (Wildman–Crippen MR) is 109 cm³/mol. The molecule has 1 aromatic carbocycles. The van der Waals surface area contributed by atoms with Gasteiger partial charge in [-0.25, -0.2) is 19.3 Å². The molecule has 0 amide bonds. The van der Waals surface area contributed by atoms with Gasteiger partial charge in [0.05, 0.1) is 37.5 Å². The van der Waals surface area contributed by atoms with Crippen molar-refractivity contribution in [2.75, 3.05) is 13.2 Å². The molecular formula is C19H21N7O3S. The Bertz CT molecular complexity index is 1090. The molecule has 1 atom stereocenters. The number of hydrogen-bond acceptors (Lipinski definition) is 9. The van der Waals surface area contributed by atoms with Crippen molar-refractivity contribution in [3.63, 3.8) is 0 Å². The first kappa shape index (κ1) is 20.4. The number of nitrogens with zero attached hydrogens (tertiary/aromatic N) is 7. The lowest BCUT2D eigenvalue weighted by atomic mass is 10.2. The van der Waals surface area contributed by atoms with E-state index in [9.17, 15) is 5.11 Å². The van der Waals surface area contributed by atoms with Gasteiger partial charge in [0.25, 0.3) is 0 Å². The Morgan fingerprint density at radius 3 is 2.87 bits per heavy atom. The van der Waals surface area contributed by atoms with E-state index in [4.69, 9.17) is 9.84 Å². The first-order valence-electron chi connectivity index (χ1n) is 9.32. The molecular weight excluding hydrogens is 406 g/mol. The lowest BCUT2D eigenvalue weighted by Crippen LogP contribution is -2.20. The summed E-state index contributed by atoms with van der Waals surface area (Å²) in [5.41, 5.74) is 2.66. The van der Waals surface area contributed by atoms with Crippen molar-refractivity contribution in [1.29, 1.82) is 0 Å². The first-order chi connectivity index (χ1) is 14.7. The van der Waals surface area contributed by atoms with Gasteiger partial charge in [-0.15, -0.1) is 16.9 Å². The lowest BCUT2D eigenvalue weighted by Gasteiger charge is -2.07. The van der Waals surface area contributed by atoms with Gasteiger partial charge in [0, 0.05) is 5.75 Å². The minimum atomic E-state index is -0.905. The van der Waals surface area contributed by atoms with E-state index in [1.54, 1.807) is 35.2 Å². The van der Waals surface area contributed by atoms with Gasteiger partial charge in [-0.3, -0.25) is 0 Å². The highest BCUT2D eigenvalue weighted by Gasteiger charge is 2.12. The van der Waals surface area contributed by atoms with Crippen LogP contribution in [0, 0.1) is 0 Å². The third kappa shape index (κ3) is 5.00. The van der Waals surface area contributed by atoms with Gasteiger partial charge < -0.3 is 14.9 Å². The zero-order valence-corrected chi connectivity index (χ0v) is 16.9. The fourth-order valence-electron chi connectivity index (χ4n) is 2.79. The van der Waals surface area contributed by atoms with E-state index in [0.717, 1.165) is 21.8 Å². The average molecular weight is 427 g/mol. The predicted octanol–water partition coefficient (Wildman–Crippen LogP) is 1.09. The summed E-state index contributed by atoms with van der Waals surface area (Å²) in [6, 6.07) is 10.2. The summed E-state index contributed by atoms with van der Waals surface area (Å²) in [6.07, 6.45) is 4.15. The number of aliphatic hydroxyl groups is 2. The summed E-state index contributed by atoms with van der Waals surface area (Å²) < 4.78 is 8.55. The molecule has 4 aromatic rings. The van der Waals surface area contributed by atoms with Crippen molar-refractivity contribution in [3.05, 3.63) is 60.3 Å². The Balaban J connectivity index is 1.42. The molecule has 0 spiro atoms. The number of aliphatic hydroxyl groups excluding tert-OH is 2. The van der Waals surface area contributed by atoms with E-state index < -0.39 is 6.10 Å². The Labute approximate surface area is 176 Å². The molecule has 156 valence electrons. The zero-order chi connectivity index (χ0) is 20.8. The maximum atomic E-state index is 9.29. The summed E-state index contributed by atoms with van der Waals surface area (Å²) in [6.45, 7) is 0.215. The maximum absolute atomic E-state index is 9.29. The molecule has 4 rings (SSSR count). The molecule has 2 N–H and O–H groups in total. The van der Waals surface area contributed by atoms with Crippen LogP contribution in [0.4, 0.5) is 0 Å². The van der Waals surface area contributed by atoms with Crippen LogP contribution in [-0.2, 0) is 23.8 Å². The van der Waals surface area contributed by atoms with Gasteiger partial charge in [-0.1, -0.05) is 35.5 Å². The Hall–Kier alpha value is -2.86. The second-order valence-corrected chi connectivity index (χ2v) is 7.54. The molecule has 0 fully saturated rings. The molecule has 11 heteroatoms. The van der Waals surface area contributed by atoms with E-state index in [-0.39, 0.29) is 19.9 Å². The normalized spacial score (nSPS) is 12.5. The van der Waals surface area contributed by atoms with Gasteiger partial charge in [0.2, 0.25) is 0 Å². The van der Waals surface area contributed by atoms with Crippen LogP contribution in [0.2, 0.25) is 0 Å². The zero-order valence-electron chi connectivity index (χ0n) is 16.1. The first-order valence-corrected chi connectivity index (χ1v) is 10.3. The largest absolute Gasteiger partial charge is 0.394 e. The molecule has 0 bridgehead atoms. The highest BCUT2D eigenvalue weighted by atomic mass is 32.2. The average Bonchev–Trinajstić information content (AvgIpc) is 3.40. The minimum Gasteiger partial charge on any atom is -0.394 e. The van der Waals surface area contributed by atoms with Gasteiger partial charge in [0.15, 0.2) is 5.65 Å². The minimum absolute atomic E-state index is 0.0236. The summed E-state index contributed by atoms with van der Waals surface area (Å²) in [5.74, 6) is 0.817. The van der Waals surface area contributed by atoms with E-state index in [1.807, 2.05) is 18.2 Å². The van der Waals surface area contributed by atoms with Crippen molar-refractivity contribution in [2.45, 2.75) is 30.2 Å². The quantitative estimate of drug-likeness (QED) is 0.283. The van der Waals surface area contributed by atoms with Crippen LogP contribution >= 0.6 is 11.8 Å². The molecule has 30 heavy (non-hydrogen) atoms. The Kier molecular flexibility index (Phi) is 6.64. The molecule has 3 aromatic heterocycles. The van der Waals surface area contributed by atoms with Crippen molar-refractivity contribution < 1.29 is 14.9 Å². The van der Waals surface area contributed by atoms with Gasteiger partial charge in [-0.2, -0.15) is 5.10 Å². The van der Waals surface area contributed by atoms with Gasteiger partial charge in [-0.05, 0) is 5.56 Å². The summed E-state index contributed by atoms with van der Waals surface area (Å²) in [5, 5.41) is 32.4. The SMILES string of the molecule is OCC(O)COCn1cc(Cn2ncc3c(SCc4ccccc4)ncnc32)nn1. The molecule has 0 radical (unpaired) electrons. The van der Waals surface area contributed by atoms with Crippen LogP contribution in [0.5, 0.6) is 0 Å². The van der Waals surface area contributed by atoms with Crippen LogP contribution in [-0.4, -0.2) is 64.3 Å². The molecule has 3 heterocycles. The summed E-state index contributed by atoms with van der Waals surface area (Å²) in [4.78, 5) is 8.80. The number of ether oxygens (including phenoxy) is 1. The standard InChI is InChI=1S/C19H21N7O3S/c27-9-16(28)10-29-13-25-7-15(23-24-25)8-26-18-17(6-22-26)19(21-12-20-18)30-11-14-4-2-1-3-5-14/h1-7,12,16,27-28H,8-11,13H2. The van der Waals surface area contributed by atoms with Gasteiger partial charge in [0.1, 0.15) is 29.9 Å². The Morgan fingerprint density at radius 1 is 1.17 bits per heavy atom. The topological polar surface area (TPSA) is 124 Å². The number of aromatic nitrogens is 7. The number of benzene rings is 1. The number of hydrogen-bond donors (Lipinski definition) is 2.